The van der Waals surface area contributed by atoms with Crippen LogP contribution in [0.2, 0.25) is 15.1 Å². The molecule has 0 aromatic heterocycles. The molecule has 5 heteroatoms. The summed E-state index contributed by atoms with van der Waals surface area (Å²) in [6, 6.07) is 3.42. The first-order valence-electron chi connectivity index (χ1n) is 4.49. The molecule has 0 spiro atoms. The standard InChI is InChI=1S/C10H12Cl3NO/c1-15-5-4-14-6-7-8(11)2-3-9(12)10(7)13/h2-3,14H,4-6H2,1H3. The highest BCUT2D eigenvalue weighted by Crippen LogP contribution is 2.31. The van der Waals surface area contributed by atoms with Crippen LogP contribution in [0.3, 0.4) is 0 Å². The maximum absolute atomic E-state index is 6.02. The van der Waals surface area contributed by atoms with Gasteiger partial charge >= 0.3 is 0 Å². The van der Waals surface area contributed by atoms with Gasteiger partial charge in [-0.1, -0.05) is 34.8 Å². The van der Waals surface area contributed by atoms with Gasteiger partial charge in [-0.2, -0.15) is 0 Å². The number of rotatable bonds is 5. The monoisotopic (exact) mass is 267 g/mol. The summed E-state index contributed by atoms with van der Waals surface area (Å²) in [5.41, 5.74) is 0.821. The van der Waals surface area contributed by atoms with Gasteiger partial charge in [0.2, 0.25) is 0 Å². The van der Waals surface area contributed by atoms with Crippen LogP contribution >= 0.6 is 34.8 Å². The summed E-state index contributed by atoms with van der Waals surface area (Å²) >= 11 is 17.9. The SMILES string of the molecule is COCCNCc1c(Cl)ccc(Cl)c1Cl. The second-order valence-electron chi connectivity index (χ2n) is 2.99. The Morgan fingerprint density at radius 2 is 1.87 bits per heavy atom. The summed E-state index contributed by atoms with van der Waals surface area (Å²) in [7, 11) is 1.65. The normalized spacial score (nSPS) is 10.7. The summed E-state index contributed by atoms with van der Waals surface area (Å²) in [5, 5.41) is 4.81. The smallest absolute Gasteiger partial charge is 0.0652 e. The van der Waals surface area contributed by atoms with Gasteiger partial charge in [-0.15, -0.1) is 0 Å². The van der Waals surface area contributed by atoms with Gasteiger partial charge in [-0.05, 0) is 12.1 Å². The third-order valence-corrected chi connectivity index (χ3v) is 3.12. The zero-order chi connectivity index (χ0) is 11.3. The van der Waals surface area contributed by atoms with Gasteiger partial charge in [-0.25, -0.2) is 0 Å². The van der Waals surface area contributed by atoms with E-state index in [-0.39, 0.29) is 0 Å². The molecule has 15 heavy (non-hydrogen) atoms. The maximum Gasteiger partial charge on any atom is 0.0652 e. The number of ether oxygens (including phenoxy) is 1. The molecule has 1 rings (SSSR count). The van der Waals surface area contributed by atoms with Crippen molar-refractivity contribution < 1.29 is 4.74 Å². The number of benzene rings is 1. The fourth-order valence-corrected chi connectivity index (χ4v) is 1.80. The first kappa shape index (κ1) is 13.1. The van der Waals surface area contributed by atoms with Crippen molar-refractivity contribution >= 4 is 34.8 Å². The number of hydrogen-bond donors (Lipinski definition) is 1. The summed E-state index contributed by atoms with van der Waals surface area (Å²) in [6.07, 6.45) is 0. The molecule has 1 aromatic rings. The van der Waals surface area contributed by atoms with Gasteiger partial charge in [0, 0.05) is 30.8 Å². The van der Waals surface area contributed by atoms with Gasteiger partial charge in [0.1, 0.15) is 0 Å². The molecule has 0 unspecified atom stereocenters. The molecule has 0 saturated heterocycles. The van der Waals surface area contributed by atoms with E-state index in [1.54, 1.807) is 19.2 Å². The molecule has 0 heterocycles. The molecule has 2 nitrogen and oxygen atoms in total. The molecule has 0 fully saturated rings. The van der Waals surface area contributed by atoms with Crippen molar-refractivity contribution in [3.05, 3.63) is 32.8 Å². The maximum atomic E-state index is 6.02. The van der Waals surface area contributed by atoms with E-state index in [0.717, 1.165) is 12.1 Å². The molecule has 1 aromatic carbocycles. The fraction of sp³-hybridized carbons (Fsp3) is 0.400. The molecule has 0 amide bonds. The minimum Gasteiger partial charge on any atom is -0.383 e. The summed E-state index contributed by atoms with van der Waals surface area (Å²) in [6.45, 7) is 1.98. The Kier molecular flexibility index (Phi) is 5.72. The van der Waals surface area contributed by atoms with Gasteiger partial charge < -0.3 is 10.1 Å². The highest BCUT2D eigenvalue weighted by Gasteiger charge is 2.08. The number of nitrogens with one attached hydrogen (secondary N) is 1. The van der Waals surface area contributed by atoms with E-state index in [9.17, 15) is 0 Å². The Morgan fingerprint density at radius 3 is 2.53 bits per heavy atom. The molecule has 0 aliphatic carbocycles. The molecule has 0 aliphatic rings. The first-order valence-corrected chi connectivity index (χ1v) is 5.62. The van der Waals surface area contributed by atoms with Crippen LogP contribution in [0.25, 0.3) is 0 Å². The van der Waals surface area contributed by atoms with Gasteiger partial charge in [0.05, 0.1) is 16.7 Å². The zero-order valence-corrected chi connectivity index (χ0v) is 10.6. The zero-order valence-electron chi connectivity index (χ0n) is 8.32. The topological polar surface area (TPSA) is 21.3 Å². The van der Waals surface area contributed by atoms with Crippen molar-refractivity contribution in [1.29, 1.82) is 0 Å². The van der Waals surface area contributed by atoms with Crippen molar-refractivity contribution in [2.75, 3.05) is 20.3 Å². The molecular weight excluding hydrogens is 256 g/mol. The predicted molar refractivity (Wildman–Crippen MR) is 65.1 cm³/mol. The van der Waals surface area contributed by atoms with Gasteiger partial charge in [0.15, 0.2) is 0 Å². The fourth-order valence-electron chi connectivity index (χ4n) is 1.12. The molecule has 1 N–H and O–H groups in total. The lowest BCUT2D eigenvalue weighted by Gasteiger charge is -2.09. The molecule has 0 atom stereocenters. The van der Waals surface area contributed by atoms with Crippen LogP contribution < -0.4 is 5.32 Å². The first-order chi connectivity index (χ1) is 7.16. The summed E-state index contributed by atoms with van der Waals surface area (Å²) in [4.78, 5) is 0. The lowest BCUT2D eigenvalue weighted by atomic mass is 10.2. The lowest BCUT2D eigenvalue weighted by Crippen LogP contribution is -2.19. The van der Waals surface area contributed by atoms with Crippen LogP contribution in [-0.2, 0) is 11.3 Å². The van der Waals surface area contributed by atoms with Crippen LogP contribution in [0.4, 0.5) is 0 Å². The van der Waals surface area contributed by atoms with E-state index < -0.39 is 0 Å². The van der Waals surface area contributed by atoms with Crippen molar-refractivity contribution in [2.45, 2.75) is 6.54 Å². The minimum atomic E-state index is 0.508. The van der Waals surface area contributed by atoms with E-state index in [1.807, 2.05) is 0 Å². The Balaban J connectivity index is 2.63. The molecule has 84 valence electrons. The van der Waals surface area contributed by atoms with Crippen molar-refractivity contribution in [3.8, 4) is 0 Å². The second-order valence-corrected chi connectivity index (χ2v) is 4.18. The van der Waals surface area contributed by atoms with Gasteiger partial charge in [0.25, 0.3) is 0 Å². The summed E-state index contributed by atoms with van der Waals surface area (Å²) in [5.74, 6) is 0. The number of hydrogen-bond acceptors (Lipinski definition) is 2. The third-order valence-electron chi connectivity index (χ3n) is 1.92. The Hall–Kier alpha value is 0.01000. The highest BCUT2D eigenvalue weighted by atomic mass is 35.5. The summed E-state index contributed by atoms with van der Waals surface area (Å²) < 4.78 is 4.91. The average molecular weight is 269 g/mol. The van der Waals surface area contributed by atoms with E-state index in [0.29, 0.717) is 28.2 Å². The van der Waals surface area contributed by atoms with Crippen LogP contribution in [0, 0.1) is 0 Å². The van der Waals surface area contributed by atoms with E-state index in [1.165, 1.54) is 0 Å². The second kappa shape index (κ2) is 6.56. The van der Waals surface area contributed by atoms with Crippen LogP contribution in [0.5, 0.6) is 0 Å². The van der Waals surface area contributed by atoms with Crippen LogP contribution in [-0.4, -0.2) is 20.3 Å². The third kappa shape index (κ3) is 3.82. The highest BCUT2D eigenvalue weighted by molar-refractivity contribution is 6.44. The van der Waals surface area contributed by atoms with Crippen LogP contribution in [0.15, 0.2) is 12.1 Å². The largest absolute Gasteiger partial charge is 0.383 e. The Bertz CT molecular complexity index is 331. The van der Waals surface area contributed by atoms with Crippen LogP contribution in [0.1, 0.15) is 5.56 Å². The predicted octanol–water partition coefficient (Wildman–Crippen LogP) is 3.38. The number of halogens is 3. The quantitative estimate of drug-likeness (QED) is 0.653. The molecule has 0 aliphatic heterocycles. The van der Waals surface area contributed by atoms with E-state index in [4.69, 9.17) is 39.5 Å². The molecule has 0 bridgehead atoms. The van der Waals surface area contributed by atoms with Gasteiger partial charge in [-0.3, -0.25) is 0 Å². The van der Waals surface area contributed by atoms with Crippen molar-refractivity contribution in [2.24, 2.45) is 0 Å². The minimum absolute atomic E-state index is 0.508. The lowest BCUT2D eigenvalue weighted by molar-refractivity contribution is 0.199. The number of methoxy groups -OCH3 is 1. The molecule has 0 saturated carbocycles. The Labute approximate surface area is 104 Å². The molecule has 0 radical (unpaired) electrons. The van der Waals surface area contributed by atoms with Crippen molar-refractivity contribution in [1.82, 2.24) is 5.32 Å². The molecular formula is C10H12Cl3NO. The average Bonchev–Trinajstić information content (AvgIpc) is 2.23. The Morgan fingerprint density at radius 1 is 1.20 bits per heavy atom. The van der Waals surface area contributed by atoms with Crippen molar-refractivity contribution in [3.63, 3.8) is 0 Å². The van der Waals surface area contributed by atoms with E-state index >= 15 is 0 Å². The van der Waals surface area contributed by atoms with E-state index in [2.05, 4.69) is 5.32 Å².